The first-order chi connectivity index (χ1) is 4.85. The van der Waals surface area contributed by atoms with Crippen LogP contribution in [0.1, 0.15) is 39.5 Å². The van der Waals surface area contributed by atoms with E-state index in [1.165, 1.54) is 50.8 Å². The fourth-order valence-electron chi connectivity index (χ4n) is 1.02. The minimum atomic E-state index is 0. The Morgan fingerprint density at radius 1 is 1.15 bits per heavy atom. The van der Waals surface area contributed by atoms with Gasteiger partial charge in [-0.05, 0) is 0 Å². The first-order valence-corrected chi connectivity index (χ1v) is 5.14. The third-order valence-corrected chi connectivity index (χ3v) is 2.27. The van der Waals surface area contributed by atoms with Crippen molar-refractivity contribution >= 4 is 0 Å². The van der Waals surface area contributed by atoms with E-state index in [4.69, 9.17) is 2.81 Å². The summed E-state index contributed by atoms with van der Waals surface area (Å²) in [5.74, 6) is 0.819. The molecular weight excluding hydrogens is 310 g/mol. The Morgan fingerprint density at radius 2 is 1.69 bits per heavy atom. The molecule has 1 atom stereocenters. The molecule has 0 aliphatic rings. The zero-order valence-corrected chi connectivity index (χ0v) is 12.9. The molecule has 0 aliphatic carbocycles. The van der Waals surface area contributed by atoms with Crippen LogP contribution in [0.25, 0.3) is 0 Å². The molecule has 1 nitrogen and oxygen atoms in total. The molecule has 80 valence electrons. The standard InChI is InChI=1S/C8H17O.3ClH.Zr/c1-3-5-6-8(4-2)7-9;;;;/h8H,3-7H2,1-2H3;3*1H;/q-1;;;;+4/p-3. The van der Waals surface area contributed by atoms with Crippen LogP contribution in [0, 0.1) is 5.92 Å². The molecule has 0 fully saturated rings. The van der Waals surface area contributed by atoms with Crippen LogP contribution in [0.5, 0.6) is 0 Å². The fraction of sp³-hybridized carbons (Fsp3) is 1.00. The molecule has 0 bridgehead atoms. The van der Waals surface area contributed by atoms with Gasteiger partial charge < -0.3 is 37.2 Å². The largest absolute Gasteiger partial charge is 1.00 e. The number of unbranched alkanes of at least 4 members (excludes halogenated alkanes) is 1. The van der Waals surface area contributed by atoms with E-state index in [2.05, 4.69) is 13.8 Å². The minimum Gasteiger partial charge on any atom is -1.00 e. The predicted octanol–water partition coefficient (Wildman–Crippen LogP) is -6.31. The van der Waals surface area contributed by atoms with Crippen LogP contribution in [-0.4, -0.2) is 6.61 Å². The van der Waals surface area contributed by atoms with Crippen molar-refractivity contribution in [2.75, 3.05) is 6.61 Å². The summed E-state index contributed by atoms with van der Waals surface area (Å²) in [4.78, 5) is 0. The van der Waals surface area contributed by atoms with Gasteiger partial charge in [0, 0.05) is 0 Å². The molecule has 0 saturated carbocycles. The Labute approximate surface area is 116 Å². The van der Waals surface area contributed by atoms with Crippen molar-refractivity contribution in [3.05, 3.63) is 0 Å². The monoisotopic (exact) mass is 324 g/mol. The Hall–Kier alpha value is 1.71. The molecule has 0 amide bonds. The van der Waals surface area contributed by atoms with Gasteiger partial charge in [-0.25, -0.2) is 0 Å². The number of hydrogen-bond donors (Lipinski definition) is 0. The molecule has 1 unspecified atom stereocenters. The van der Waals surface area contributed by atoms with Crippen LogP contribution in [0.15, 0.2) is 0 Å². The Morgan fingerprint density at radius 3 is 2.00 bits per heavy atom. The summed E-state index contributed by atoms with van der Waals surface area (Å²) in [5, 5.41) is 0. The van der Waals surface area contributed by atoms with E-state index >= 15 is 0 Å². The molecule has 0 rings (SSSR count). The molecule has 5 heteroatoms. The van der Waals surface area contributed by atoms with Crippen LogP contribution < -0.4 is 37.2 Å². The molecule has 0 heterocycles. The predicted molar refractivity (Wildman–Crippen MR) is 39.3 cm³/mol. The van der Waals surface area contributed by atoms with E-state index in [1.54, 1.807) is 0 Å². The quantitative estimate of drug-likeness (QED) is 0.472. The minimum absolute atomic E-state index is 0. The van der Waals surface area contributed by atoms with E-state index < -0.39 is 0 Å². The second kappa shape index (κ2) is 19.3. The maximum Gasteiger partial charge on any atom is -1.00 e. The van der Waals surface area contributed by atoms with Crippen molar-refractivity contribution in [3.63, 3.8) is 0 Å². The second-order valence-electron chi connectivity index (χ2n) is 2.73. The van der Waals surface area contributed by atoms with Gasteiger partial charge in [-0.1, -0.05) is 0 Å². The first-order valence-electron chi connectivity index (χ1n) is 4.13. The zero-order valence-electron chi connectivity index (χ0n) is 8.16. The normalized spacial score (nSPS) is 10.5. The summed E-state index contributed by atoms with van der Waals surface area (Å²) in [5.41, 5.74) is 0. The van der Waals surface area contributed by atoms with Crippen molar-refractivity contribution in [2.45, 2.75) is 39.5 Å². The summed E-state index contributed by atoms with van der Waals surface area (Å²) in [6.45, 7) is 5.47. The molecule has 0 N–H and O–H groups in total. The number of halogens is 3. The van der Waals surface area contributed by atoms with Crippen LogP contribution in [0.4, 0.5) is 0 Å². The van der Waals surface area contributed by atoms with Crippen molar-refractivity contribution in [1.29, 1.82) is 0 Å². The van der Waals surface area contributed by atoms with Gasteiger partial charge in [0.2, 0.25) is 0 Å². The number of hydrogen-bond acceptors (Lipinski definition) is 1. The van der Waals surface area contributed by atoms with Crippen molar-refractivity contribution in [1.82, 2.24) is 0 Å². The molecule has 0 radical (unpaired) electrons. The first kappa shape index (κ1) is 24.1. The Bertz CT molecular complexity index is 76.4. The Kier molecular flexibility index (Phi) is 35.8. The maximum atomic E-state index is 5.18. The van der Waals surface area contributed by atoms with Crippen LogP contribution in [0.3, 0.4) is 0 Å². The van der Waals surface area contributed by atoms with Crippen molar-refractivity contribution < 1.29 is 65.2 Å². The van der Waals surface area contributed by atoms with Crippen LogP contribution >= 0.6 is 0 Å². The SMILES string of the molecule is CCCCC(CC)C[O][Zr+3].[Cl-].[Cl-].[Cl-]. The molecule has 13 heavy (non-hydrogen) atoms. The summed E-state index contributed by atoms with van der Waals surface area (Å²) in [7, 11) is 0. The molecule has 0 aromatic rings. The molecule has 0 aromatic heterocycles. The van der Waals surface area contributed by atoms with Gasteiger partial charge in [0.25, 0.3) is 0 Å². The van der Waals surface area contributed by atoms with E-state index in [-0.39, 0.29) is 37.2 Å². The Balaban J connectivity index is -0.000000135. The van der Waals surface area contributed by atoms with Crippen LogP contribution in [-0.2, 0) is 28.0 Å². The summed E-state index contributed by atoms with van der Waals surface area (Å²) in [6, 6.07) is 0. The second-order valence-corrected chi connectivity index (χ2v) is 3.44. The summed E-state index contributed by atoms with van der Waals surface area (Å²) in [6.07, 6.45) is 5.29. The van der Waals surface area contributed by atoms with Gasteiger partial charge in [-0.3, -0.25) is 0 Å². The van der Waals surface area contributed by atoms with Gasteiger partial charge in [0.1, 0.15) is 0 Å². The van der Waals surface area contributed by atoms with Crippen molar-refractivity contribution in [2.24, 2.45) is 5.92 Å². The summed E-state index contributed by atoms with van der Waals surface area (Å²) >= 11 is 1.21. The van der Waals surface area contributed by atoms with Gasteiger partial charge >= 0.3 is 80.0 Å². The van der Waals surface area contributed by atoms with E-state index in [0.717, 1.165) is 12.5 Å². The average Bonchev–Trinajstić information content (AvgIpc) is 1.98. The molecule has 0 aliphatic heterocycles. The fourth-order valence-corrected chi connectivity index (χ4v) is 1.60. The molecule has 0 aromatic carbocycles. The molecule has 0 saturated heterocycles. The number of rotatable bonds is 6. The molecular formula is C8H17Cl3OZr. The van der Waals surface area contributed by atoms with Crippen LogP contribution in [0.2, 0.25) is 0 Å². The van der Waals surface area contributed by atoms with E-state index in [0.29, 0.717) is 0 Å². The van der Waals surface area contributed by atoms with E-state index in [9.17, 15) is 0 Å². The topological polar surface area (TPSA) is 9.23 Å². The van der Waals surface area contributed by atoms with Gasteiger partial charge in [-0.15, -0.1) is 0 Å². The smallest absolute Gasteiger partial charge is 1.00 e. The molecule has 0 spiro atoms. The third kappa shape index (κ3) is 16.4. The third-order valence-electron chi connectivity index (χ3n) is 1.86. The van der Waals surface area contributed by atoms with Gasteiger partial charge in [-0.2, -0.15) is 0 Å². The van der Waals surface area contributed by atoms with Crippen molar-refractivity contribution in [3.8, 4) is 0 Å². The summed E-state index contributed by atoms with van der Waals surface area (Å²) < 4.78 is 5.18. The average molecular weight is 327 g/mol. The maximum absolute atomic E-state index is 5.18. The van der Waals surface area contributed by atoms with Gasteiger partial charge in [0.15, 0.2) is 0 Å². The zero-order chi connectivity index (χ0) is 7.82. The van der Waals surface area contributed by atoms with E-state index in [1.807, 2.05) is 0 Å². The van der Waals surface area contributed by atoms with Gasteiger partial charge in [0.05, 0.1) is 0 Å².